The highest BCUT2D eigenvalue weighted by molar-refractivity contribution is 5.67. The van der Waals surface area contributed by atoms with Gasteiger partial charge in [0.1, 0.15) is 12.3 Å². The van der Waals surface area contributed by atoms with Gasteiger partial charge in [0.05, 0.1) is 4.92 Å². The molecule has 15 heavy (non-hydrogen) atoms. The van der Waals surface area contributed by atoms with E-state index in [1.54, 1.807) is 6.07 Å². The first kappa shape index (κ1) is 11.0. The lowest BCUT2D eigenvalue weighted by Crippen LogP contribution is -2.04. The number of hydrogen-bond donors (Lipinski definition) is 1. The molecular weight excluding hydrogens is 200 g/mol. The van der Waals surface area contributed by atoms with E-state index in [4.69, 9.17) is 10.5 Å². The Morgan fingerprint density at radius 3 is 2.80 bits per heavy atom. The van der Waals surface area contributed by atoms with Gasteiger partial charge in [0.15, 0.2) is 0 Å². The molecule has 0 aliphatic carbocycles. The number of carbonyl (C=O) groups excluding carboxylic acids is 1. The number of carbonyl (C=O) groups is 1. The molecule has 0 saturated carbocycles. The third kappa shape index (κ3) is 2.67. The summed E-state index contributed by atoms with van der Waals surface area (Å²) in [5.41, 5.74) is 5.82. The number of nitro groups is 1. The summed E-state index contributed by atoms with van der Waals surface area (Å²) >= 11 is 0. The van der Waals surface area contributed by atoms with E-state index < -0.39 is 10.9 Å². The molecule has 0 heterocycles. The Balaban J connectivity index is 2.94. The molecule has 1 aromatic rings. The van der Waals surface area contributed by atoms with Crippen molar-refractivity contribution in [1.29, 1.82) is 0 Å². The fourth-order valence-electron chi connectivity index (χ4n) is 1.06. The zero-order valence-electron chi connectivity index (χ0n) is 8.10. The lowest BCUT2D eigenvalue weighted by molar-refractivity contribution is -0.384. The lowest BCUT2D eigenvalue weighted by atomic mass is 10.1. The van der Waals surface area contributed by atoms with Gasteiger partial charge < -0.3 is 10.5 Å². The molecule has 1 rings (SSSR count). The molecule has 0 amide bonds. The Labute approximate surface area is 85.8 Å². The van der Waals surface area contributed by atoms with Crippen molar-refractivity contribution in [3.8, 4) is 0 Å². The third-order valence-corrected chi connectivity index (χ3v) is 1.80. The maximum absolute atomic E-state index is 10.6. The first-order valence-corrected chi connectivity index (χ1v) is 4.17. The summed E-state index contributed by atoms with van der Waals surface area (Å²) in [5.74, 6) is -0.457. The monoisotopic (exact) mass is 210 g/mol. The predicted octanol–water partition coefficient (Wildman–Crippen LogP) is 1.24. The van der Waals surface area contributed by atoms with Crippen molar-refractivity contribution < 1.29 is 14.5 Å². The van der Waals surface area contributed by atoms with E-state index in [-0.39, 0.29) is 18.0 Å². The zero-order valence-corrected chi connectivity index (χ0v) is 8.10. The van der Waals surface area contributed by atoms with Crippen molar-refractivity contribution >= 4 is 17.3 Å². The van der Waals surface area contributed by atoms with E-state index >= 15 is 0 Å². The van der Waals surface area contributed by atoms with Crippen LogP contribution in [0.2, 0.25) is 0 Å². The van der Waals surface area contributed by atoms with Crippen LogP contribution in [0.3, 0.4) is 0 Å². The van der Waals surface area contributed by atoms with Gasteiger partial charge >= 0.3 is 5.97 Å². The number of benzene rings is 1. The molecule has 0 unspecified atom stereocenters. The fourth-order valence-corrected chi connectivity index (χ4v) is 1.06. The summed E-state index contributed by atoms with van der Waals surface area (Å²) in [7, 11) is 0. The number of anilines is 1. The Hall–Kier alpha value is -2.11. The standard InChI is InChI=1S/C9H10N2O4/c1-6(12)15-5-7-3-2-4-8(9(7)10)11(13)14/h2-4H,5,10H2,1H3. The molecule has 0 radical (unpaired) electrons. The number of ether oxygens (including phenoxy) is 1. The molecule has 2 N–H and O–H groups in total. The maximum Gasteiger partial charge on any atom is 0.302 e. The van der Waals surface area contributed by atoms with E-state index in [0.29, 0.717) is 5.56 Å². The van der Waals surface area contributed by atoms with Gasteiger partial charge in [-0.2, -0.15) is 0 Å². The topological polar surface area (TPSA) is 95.5 Å². The number of nitro benzene ring substituents is 1. The average molecular weight is 210 g/mol. The lowest BCUT2D eigenvalue weighted by Gasteiger charge is -2.05. The zero-order chi connectivity index (χ0) is 11.4. The van der Waals surface area contributed by atoms with Crippen LogP contribution in [0.5, 0.6) is 0 Å². The second-order valence-electron chi connectivity index (χ2n) is 2.89. The number of esters is 1. The minimum absolute atomic E-state index is 0.0313. The van der Waals surface area contributed by atoms with Crippen molar-refractivity contribution in [3.63, 3.8) is 0 Å². The minimum atomic E-state index is -0.577. The van der Waals surface area contributed by atoms with E-state index in [9.17, 15) is 14.9 Å². The SMILES string of the molecule is CC(=O)OCc1cccc([N+](=O)[O-])c1N. The van der Waals surface area contributed by atoms with Crippen LogP contribution in [0.25, 0.3) is 0 Å². The molecule has 0 fully saturated rings. The Kier molecular flexibility index (Phi) is 3.22. The van der Waals surface area contributed by atoms with Crippen LogP contribution in [0.4, 0.5) is 11.4 Å². The van der Waals surface area contributed by atoms with Crippen molar-refractivity contribution in [3.05, 3.63) is 33.9 Å². The van der Waals surface area contributed by atoms with Gasteiger partial charge in [-0.05, 0) is 0 Å². The molecule has 6 nitrogen and oxygen atoms in total. The van der Waals surface area contributed by atoms with Gasteiger partial charge in [0.25, 0.3) is 5.69 Å². The quantitative estimate of drug-likeness (QED) is 0.350. The van der Waals surface area contributed by atoms with Crippen molar-refractivity contribution in [1.82, 2.24) is 0 Å². The maximum atomic E-state index is 10.6. The van der Waals surface area contributed by atoms with E-state index in [0.717, 1.165) is 0 Å². The Bertz CT molecular complexity index is 403. The van der Waals surface area contributed by atoms with E-state index in [1.807, 2.05) is 0 Å². The molecule has 80 valence electrons. The summed E-state index contributed by atoms with van der Waals surface area (Å²) in [4.78, 5) is 20.5. The fraction of sp³-hybridized carbons (Fsp3) is 0.222. The number of nitrogens with zero attached hydrogens (tertiary/aromatic N) is 1. The Morgan fingerprint density at radius 1 is 1.60 bits per heavy atom. The van der Waals surface area contributed by atoms with Gasteiger partial charge in [-0.25, -0.2) is 0 Å². The molecule has 0 aromatic heterocycles. The highest BCUT2D eigenvalue weighted by Crippen LogP contribution is 2.25. The van der Waals surface area contributed by atoms with Crippen LogP contribution in [-0.4, -0.2) is 10.9 Å². The van der Waals surface area contributed by atoms with Gasteiger partial charge in [-0.15, -0.1) is 0 Å². The highest BCUT2D eigenvalue weighted by Gasteiger charge is 2.14. The van der Waals surface area contributed by atoms with Crippen LogP contribution < -0.4 is 5.73 Å². The number of rotatable bonds is 3. The molecule has 0 atom stereocenters. The highest BCUT2D eigenvalue weighted by atomic mass is 16.6. The van der Waals surface area contributed by atoms with Crippen LogP contribution in [0.1, 0.15) is 12.5 Å². The number of hydrogen-bond acceptors (Lipinski definition) is 5. The summed E-state index contributed by atoms with van der Waals surface area (Å²) in [5, 5.41) is 10.5. The van der Waals surface area contributed by atoms with Gasteiger partial charge in [-0.1, -0.05) is 12.1 Å². The second-order valence-corrected chi connectivity index (χ2v) is 2.89. The minimum Gasteiger partial charge on any atom is -0.461 e. The molecule has 0 aliphatic heterocycles. The van der Waals surface area contributed by atoms with Crippen molar-refractivity contribution in [2.45, 2.75) is 13.5 Å². The molecule has 0 spiro atoms. The van der Waals surface area contributed by atoms with Crippen molar-refractivity contribution in [2.75, 3.05) is 5.73 Å². The van der Waals surface area contributed by atoms with Crippen LogP contribution in [0, 0.1) is 10.1 Å². The summed E-state index contributed by atoms with van der Waals surface area (Å²) in [6, 6.07) is 4.37. The molecule has 1 aromatic carbocycles. The average Bonchev–Trinajstić information content (AvgIpc) is 2.15. The molecule has 0 bridgehead atoms. The number of para-hydroxylation sites is 1. The normalized spacial score (nSPS) is 9.67. The van der Waals surface area contributed by atoms with E-state index in [1.165, 1.54) is 19.1 Å². The first-order valence-electron chi connectivity index (χ1n) is 4.17. The van der Waals surface area contributed by atoms with Gasteiger partial charge in [-0.3, -0.25) is 14.9 Å². The van der Waals surface area contributed by atoms with Gasteiger partial charge in [0.2, 0.25) is 0 Å². The Morgan fingerprint density at radius 2 is 2.27 bits per heavy atom. The summed E-state index contributed by atoms with van der Waals surface area (Å²) < 4.78 is 4.70. The molecular formula is C9H10N2O4. The first-order chi connectivity index (χ1) is 7.02. The van der Waals surface area contributed by atoms with Crippen molar-refractivity contribution in [2.24, 2.45) is 0 Å². The van der Waals surface area contributed by atoms with E-state index in [2.05, 4.69) is 0 Å². The van der Waals surface area contributed by atoms with Crippen LogP contribution in [0.15, 0.2) is 18.2 Å². The largest absolute Gasteiger partial charge is 0.461 e. The smallest absolute Gasteiger partial charge is 0.302 e. The molecule has 6 heteroatoms. The molecule has 0 aliphatic rings. The summed E-state index contributed by atoms with van der Waals surface area (Å²) in [6.45, 7) is 1.20. The molecule has 0 saturated heterocycles. The van der Waals surface area contributed by atoms with Crippen LogP contribution in [-0.2, 0) is 16.1 Å². The number of nitrogens with two attached hydrogens (primary N) is 1. The number of nitrogen functional groups attached to an aromatic ring is 1. The second kappa shape index (κ2) is 4.41. The summed E-state index contributed by atoms with van der Waals surface area (Å²) in [6.07, 6.45) is 0. The van der Waals surface area contributed by atoms with Crippen LogP contribution >= 0.6 is 0 Å². The van der Waals surface area contributed by atoms with Gasteiger partial charge in [0, 0.05) is 18.6 Å². The predicted molar refractivity (Wildman–Crippen MR) is 53.0 cm³/mol. The third-order valence-electron chi connectivity index (χ3n) is 1.80.